The largest absolute Gasteiger partial charge is 0.329 e. The average Bonchev–Trinajstić information content (AvgIpc) is 3.58. The van der Waals surface area contributed by atoms with Crippen molar-refractivity contribution in [3.63, 3.8) is 0 Å². The molecule has 2 aromatic carbocycles. The molecule has 1 unspecified atom stereocenters. The summed E-state index contributed by atoms with van der Waals surface area (Å²) in [4.78, 5) is 13.1. The molecule has 4 aliphatic heterocycles. The maximum atomic E-state index is 14.3. The highest BCUT2D eigenvalue weighted by Gasteiger charge is 2.45. The Morgan fingerprint density at radius 1 is 0.951 bits per heavy atom. The lowest BCUT2D eigenvalue weighted by Gasteiger charge is -2.42. The smallest absolute Gasteiger partial charge is 0.123 e. The van der Waals surface area contributed by atoms with Crippen molar-refractivity contribution >= 4 is 0 Å². The van der Waals surface area contributed by atoms with E-state index in [1.165, 1.54) is 54.0 Å². The van der Waals surface area contributed by atoms with Crippen molar-refractivity contribution in [2.75, 3.05) is 26.2 Å². The van der Waals surface area contributed by atoms with Crippen LogP contribution in [-0.4, -0.2) is 68.6 Å². The zero-order valence-corrected chi connectivity index (χ0v) is 25.1. The van der Waals surface area contributed by atoms with Gasteiger partial charge in [0.1, 0.15) is 11.6 Å². The number of benzene rings is 2. The minimum atomic E-state index is -0.112. The molecule has 3 fully saturated rings. The van der Waals surface area contributed by atoms with Gasteiger partial charge >= 0.3 is 0 Å². The van der Waals surface area contributed by atoms with Crippen molar-refractivity contribution in [2.24, 2.45) is 5.92 Å². The quantitative estimate of drug-likeness (QED) is 0.348. The summed E-state index contributed by atoms with van der Waals surface area (Å²) in [6, 6.07) is 20.7. The van der Waals surface area contributed by atoms with Gasteiger partial charge in [-0.2, -0.15) is 0 Å². The summed E-state index contributed by atoms with van der Waals surface area (Å²) in [6.45, 7) is 13.1. The van der Waals surface area contributed by atoms with Crippen LogP contribution in [0.3, 0.4) is 0 Å². The summed E-state index contributed by atoms with van der Waals surface area (Å²) in [5.41, 5.74) is 5.36. The first-order chi connectivity index (χ1) is 19.9. The van der Waals surface area contributed by atoms with Crippen LogP contribution < -0.4 is 0 Å². The summed E-state index contributed by atoms with van der Waals surface area (Å²) in [7, 11) is 0. The Morgan fingerprint density at radius 3 is 2.46 bits per heavy atom. The number of piperidine rings is 1. The third-order valence-electron chi connectivity index (χ3n) is 10.7. The Labute approximate surface area is 245 Å². The fourth-order valence-electron chi connectivity index (χ4n) is 8.74. The second kappa shape index (κ2) is 11.3. The van der Waals surface area contributed by atoms with Gasteiger partial charge in [0.15, 0.2) is 0 Å². The van der Waals surface area contributed by atoms with Gasteiger partial charge in [0.25, 0.3) is 0 Å². The monoisotopic (exact) mass is 555 g/mol. The van der Waals surface area contributed by atoms with E-state index in [0.717, 1.165) is 45.7 Å². The molecule has 1 aromatic heterocycles. The van der Waals surface area contributed by atoms with E-state index in [4.69, 9.17) is 4.98 Å². The highest BCUT2D eigenvalue weighted by Crippen LogP contribution is 2.45. The number of halogens is 1. The van der Waals surface area contributed by atoms with E-state index in [1.54, 1.807) is 12.1 Å². The molecule has 7 rings (SSSR count). The van der Waals surface area contributed by atoms with Gasteiger partial charge in [-0.3, -0.25) is 14.7 Å². The van der Waals surface area contributed by atoms with Crippen LogP contribution in [0.25, 0.3) is 0 Å². The normalized spacial score (nSPS) is 29.0. The molecule has 5 atom stereocenters. The Bertz CT molecular complexity index is 1340. The third-order valence-corrected chi connectivity index (χ3v) is 10.7. The molecule has 41 heavy (non-hydrogen) atoms. The van der Waals surface area contributed by atoms with Gasteiger partial charge in [-0.05, 0) is 75.6 Å². The number of hydrogen-bond donors (Lipinski definition) is 0. The highest BCUT2D eigenvalue weighted by molar-refractivity contribution is 5.25. The van der Waals surface area contributed by atoms with Gasteiger partial charge < -0.3 is 4.57 Å². The molecular formula is C35H46FN5. The molecule has 6 heteroatoms. The second-order valence-corrected chi connectivity index (χ2v) is 13.5. The molecular weight excluding hydrogens is 509 g/mol. The van der Waals surface area contributed by atoms with Crippen LogP contribution in [0.2, 0.25) is 0 Å². The van der Waals surface area contributed by atoms with E-state index in [9.17, 15) is 4.39 Å². The van der Waals surface area contributed by atoms with Gasteiger partial charge in [0, 0.05) is 81.5 Å². The van der Waals surface area contributed by atoms with Crippen molar-refractivity contribution in [3.8, 4) is 0 Å². The maximum Gasteiger partial charge on any atom is 0.123 e. The standard InChI is InChI=1S/C35H46FN5/c1-24(2)39-15-14-35-34(23-39)37-25(3)41(35)32-17-30-12-13-31(18-32)40(30)21-28-20-38(19-26-8-5-4-6-9-26)22-33(28)27-10-7-11-29(36)16-27/h4-11,16,24,28,30-33H,12-15,17-23H2,1-3H3/t28-,30-,31+,32?,33-/m1/s1. The predicted octanol–water partition coefficient (Wildman–Crippen LogP) is 6.18. The molecule has 3 aromatic rings. The van der Waals surface area contributed by atoms with Gasteiger partial charge in [-0.1, -0.05) is 42.5 Å². The Morgan fingerprint density at radius 2 is 1.73 bits per heavy atom. The first-order valence-corrected chi connectivity index (χ1v) is 16.0. The van der Waals surface area contributed by atoms with Gasteiger partial charge in [-0.25, -0.2) is 9.37 Å². The SMILES string of the molecule is Cc1nc2c(n1C1C[C@H]3CC[C@@H](C1)N3C[C@H]1CN(Cc3ccccc3)C[C@@H]1c1cccc(F)c1)CCN(C(C)C)C2. The number of likely N-dealkylation sites (tertiary alicyclic amines) is 1. The maximum absolute atomic E-state index is 14.3. The average molecular weight is 556 g/mol. The summed E-state index contributed by atoms with van der Waals surface area (Å²) >= 11 is 0. The van der Waals surface area contributed by atoms with Crippen molar-refractivity contribution in [3.05, 3.63) is 88.8 Å². The van der Waals surface area contributed by atoms with Crippen molar-refractivity contribution in [1.82, 2.24) is 24.3 Å². The minimum Gasteiger partial charge on any atom is -0.329 e. The Kier molecular flexibility index (Phi) is 7.51. The minimum absolute atomic E-state index is 0.112. The molecule has 2 bridgehead atoms. The van der Waals surface area contributed by atoms with Crippen LogP contribution in [-0.2, 0) is 19.5 Å². The molecule has 0 N–H and O–H groups in total. The number of fused-ring (bicyclic) bond motifs is 3. The lowest BCUT2D eigenvalue weighted by Crippen LogP contribution is -2.47. The number of aryl methyl sites for hydroxylation is 1. The fourth-order valence-corrected chi connectivity index (χ4v) is 8.74. The highest BCUT2D eigenvalue weighted by atomic mass is 19.1. The van der Waals surface area contributed by atoms with E-state index in [-0.39, 0.29) is 5.82 Å². The van der Waals surface area contributed by atoms with E-state index >= 15 is 0 Å². The van der Waals surface area contributed by atoms with Gasteiger partial charge in [0.05, 0.1) is 5.69 Å². The zero-order valence-electron chi connectivity index (χ0n) is 25.1. The summed E-state index contributed by atoms with van der Waals surface area (Å²) in [5.74, 6) is 2.00. The molecule has 4 aliphatic rings. The first kappa shape index (κ1) is 27.3. The van der Waals surface area contributed by atoms with Crippen molar-refractivity contribution in [1.29, 1.82) is 0 Å². The van der Waals surface area contributed by atoms with Crippen LogP contribution in [0.5, 0.6) is 0 Å². The molecule has 0 radical (unpaired) electrons. The predicted molar refractivity (Wildman–Crippen MR) is 162 cm³/mol. The van der Waals surface area contributed by atoms with Crippen LogP contribution in [0.4, 0.5) is 4.39 Å². The molecule has 5 nitrogen and oxygen atoms in total. The molecule has 218 valence electrons. The van der Waals surface area contributed by atoms with Crippen LogP contribution in [0, 0.1) is 18.7 Å². The molecule has 5 heterocycles. The van der Waals surface area contributed by atoms with Crippen LogP contribution in [0.15, 0.2) is 54.6 Å². The Hall–Kier alpha value is -2.54. The number of rotatable bonds is 7. The number of nitrogens with zero attached hydrogens (tertiary/aromatic N) is 5. The van der Waals surface area contributed by atoms with Crippen molar-refractivity contribution in [2.45, 2.75) is 96.1 Å². The summed E-state index contributed by atoms with van der Waals surface area (Å²) in [6.07, 6.45) is 6.21. The molecule has 0 amide bonds. The topological polar surface area (TPSA) is 27.5 Å². The first-order valence-electron chi connectivity index (χ1n) is 16.0. The number of imidazole rings is 1. The molecule has 0 saturated carbocycles. The third kappa shape index (κ3) is 5.39. The van der Waals surface area contributed by atoms with E-state index < -0.39 is 0 Å². The van der Waals surface area contributed by atoms with Crippen molar-refractivity contribution < 1.29 is 4.39 Å². The lowest BCUT2D eigenvalue weighted by atomic mass is 9.87. The Balaban J connectivity index is 1.08. The number of aromatic nitrogens is 2. The lowest BCUT2D eigenvalue weighted by molar-refractivity contribution is 0.0851. The summed E-state index contributed by atoms with van der Waals surface area (Å²) in [5, 5.41) is 0. The van der Waals surface area contributed by atoms with E-state index in [2.05, 4.69) is 76.4 Å². The van der Waals surface area contributed by atoms with Gasteiger partial charge in [-0.15, -0.1) is 0 Å². The van der Waals surface area contributed by atoms with E-state index in [0.29, 0.717) is 36.0 Å². The zero-order chi connectivity index (χ0) is 28.1. The fraction of sp³-hybridized carbons (Fsp3) is 0.571. The van der Waals surface area contributed by atoms with Gasteiger partial charge in [0.2, 0.25) is 0 Å². The molecule has 3 saturated heterocycles. The number of hydrogen-bond acceptors (Lipinski definition) is 4. The van der Waals surface area contributed by atoms with Crippen LogP contribution in [0.1, 0.15) is 79.8 Å². The molecule has 0 spiro atoms. The summed E-state index contributed by atoms with van der Waals surface area (Å²) < 4.78 is 17.0. The molecule has 0 aliphatic carbocycles. The second-order valence-electron chi connectivity index (χ2n) is 13.5. The van der Waals surface area contributed by atoms with Crippen LogP contribution >= 0.6 is 0 Å². The van der Waals surface area contributed by atoms with E-state index in [1.807, 2.05) is 6.07 Å².